The smallest absolute Gasteiger partial charge is 0.317 e. The second kappa shape index (κ2) is 7.46. The van der Waals surface area contributed by atoms with Gasteiger partial charge < -0.3 is 10.0 Å². The second-order valence-corrected chi connectivity index (χ2v) is 6.27. The van der Waals surface area contributed by atoms with Crippen molar-refractivity contribution in [1.82, 2.24) is 4.90 Å². The molecule has 1 aromatic rings. The highest BCUT2D eigenvalue weighted by Gasteiger charge is 2.26. The van der Waals surface area contributed by atoms with Crippen molar-refractivity contribution in [2.24, 2.45) is 5.92 Å². The summed E-state index contributed by atoms with van der Waals surface area (Å²) >= 11 is 0. The first-order valence-electron chi connectivity index (χ1n) is 7.82. The molecule has 2 rings (SSSR count). The molecule has 1 heterocycles. The summed E-state index contributed by atoms with van der Waals surface area (Å²) in [5, 5.41) is 9.11. The van der Waals surface area contributed by atoms with E-state index in [-0.39, 0.29) is 6.54 Å². The molecule has 4 heteroatoms. The van der Waals surface area contributed by atoms with E-state index in [9.17, 15) is 4.79 Å². The molecule has 0 atom stereocenters. The lowest BCUT2D eigenvalue weighted by molar-refractivity contribution is -0.139. The van der Waals surface area contributed by atoms with Crippen LogP contribution in [0.1, 0.15) is 26.7 Å². The van der Waals surface area contributed by atoms with Gasteiger partial charge in [-0.1, -0.05) is 32.0 Å². The number of carbonyl (C=O) groups is 1. The van der Waals surface area contributed by atoms with E-state index in [1.54, 1.807) is 0 Å². The van der Waals surface area contributed by atoms with Crippen LogP contribution in [0.2, 0.25) is 0 Å². The molecule has 0 unspecified atom stereocenters. The van der Waals surface area contributed by atoms with Crippen LogP contribution in [0.4, 0.5) is 5.69 Å². The van der Waals surface area contributed by atoms with E-state index in [0.29, 0.717) is 12.0 Å². The summed E-state index contributed by atoms with van der Waals surface area (Å²) in [6.45, 7) is 7.32. The van der Waals surface area contributed by atoms with Gasteiger partial charge in [0.2, 0.25) is 0 Å². The fraction of sp³-hybridized carbons (Fsp3) is 0.588. The number of benzene rings is 1. The van der Waals surface area contributed by atoms with Gasteiger partial charge in [-0.3, -0.25) is 9.69 Å². The summed E-state index contributed by atoms with van der Waals surface area (Å²) < 4.78 is 0. The van der Waals surface area contributed by atoms with Crippen molar-refractivity contribution in [2.75, 3.05) is 31.1 Å². The Labute approximate surface area is 127 Å². The normalized spacial score (nSPS) is 16.7. The van der Waals surface area contributed by atoms with Crippen LogP contribution in [0.3, 0.4) is 0 Å². The zero-order valence-corrected chi connectivity index (χ0v) is 13.0. The molecule has 0 aliphatic carbocycles. The molecule has 1 aliphatic rings. The van der Waals surface area contributed by atoms with Gasteiger partial charge in [-0.25, -0.2) is 0 Å². The van der Waals surface area contributed by atoms with E-state index in [1.807, 2.05) is 6.07 Å². The summed E-state index contributed by atoms with van der Waals surface area (Å²) in [6.07, 6.45) is 2.07. The van der Waals surface area contributed by atoms with Crippen molar-refractivity contribution in [2.45, 2.75) is 32.7 Å². The molecule has 116 valence electrons. The molecule has 0 aromatic heterocycles. The van der Waals surface area contributed by atoms with Gasteiger partial charge in [0.25, 0.3) is 0 Å². The van der Waals surface area contributed by atoms with Gasteiger partial charge in [0.15, 0.2) is 0 Å². The maximum absolute atomic E-state index is 11.1. The number of anilines is 1. The number of hydrogen-bond acceptors (Lipinski definition) is 3. The highest BCUT2D eigenvalue weighted by atomic mass is 16.4. The largest absolute Gasteiger partial charge is 0.480 e. The van der Waals surface area contributed by atoms with Crippen LogP contribution >= 0.6 is 0 Å². The van der Waals surface area contributed by atoms with Gasteiger partial charge in [0, 0.05) is 31.4 Å². The summed E-state index contributed by atoms with van der Waals surface area (Å²) in [5.74, 6) is -0.224. The fourth-order valence-corrected chi connectivity index (χ4v) is 3.11. The van der Waals surface area contributed by atoms with Crippen LogP contribution in [-0.4, -0.2) is 48.2 Å². The summed E-state index contributed by atoms with van der Waals surface area (Å²) in [5.41, 5.74) is 1.27. The number of nitrogens with zero attached hydrogens (tertiary/aromatic N) is 2. The Morgan fingerprint density at radius 1 is 1.29 bits per heavy atom. The Kier molecular flexibility index (Phi) is 5.62. The third-order valence-electron chi connectivity index (χ3n) is 4.04. The third-order valence-corrected chi connectivity index (χ3v) is 4.04. The zero-order chi connectivity index (χ0) is 15.2. The molecule has 1 N–H and O–H groups in total. The Bertz CT molecular complexity index is 439. The Morgan fingerprint density at radius 2 is 1.90 bits per heavy atom. The first kappa shape index (κ1) is 15.8. The van der Waals surface area contributed by atoms with E-state index in [2.05, 4.69) is 47.9 Å². The SMILES string of the molecule is CC(C)CN(CC(=O)O)C1CCN(c2ccccc2)CC1. The van der Waals surface area contributed by atoms with E-state index >= 15 is 0 Å². The first-order chi connectivity index (χ1) is 10.1. The average molecular weight is 290 g/mol. The van der Waals surface area contributed by atoms with Gasteiger partial charge in [-0.05, 0) is 30.9 Å². The number of aliphatic carboxylic acids is 1. The van der Waals surface area contributed by atoms with Crippen LogP contribution in [0.15, 0.2) is 30.3 Å². The van der Waals surface area contributed by atoms with Gasteiger partial charge >= 0.3 is 5.97 Å². The molecule has 0 spiro atoms. The van der Waals surface area contributed by atoms with Gasteiger partial charge in [0.05, 0.1) is 6.54 Å². The van der Waals surface area contributed by atoms with Crippen LogP contribution in [0, 0.1) is 5.92 Å². The second-order valence-electron chi connectivity index (χ2n) is 6.27. The van der Waals surface area contributed by atoms with Crippen LogP contribution < -0.4 is 4.90 Å². The molecule has 1 aliphatic heterocycles. The van der Waals surface area contributed by atoms with E-state index < -0.39 is 5.97 Å². The number of carboxylic acids is 1. The minimum atomic E-state index is -0.721. The van der Waals surface area contributed by atoms with Crippen molar-refractivity contribution < 1.29 is 9.90 Å². The Hall–Kier alpha value is -1.55. The molecule has 0 radical (unpaired) electrons. The van der Waals surface area contributed by atoms with E-state index in [1.165, 1.54) is 5.69 Å². The molecule has 1 saturated heterocycles. The van der Waals surface area contributed by atoms with Gasteiger partial charge in [0.1, 0.15) is 0 Å². The topological polar surface area (TPSA) is 43.8 Å². The quantitative estimate of drug-likeness (QED) is 0.875. The Balaban J connectivity index is 1.92. The van der Waals surface area contributed by atoms with Gasteiger partial charge in [-0.2, -0.15) is 0 Å². The maximum atomic E-state index is 11.1. The van der Waals surface area contributed by atoms with Crippen molar-refractivity contribution in [1.29, 1.82) is 0 Å². The highest BCUT2D eigenvalue weighted by molar-refractivity contribution is 5.69. The molecule has 0 saturated carbocycles. The lowest BCUT2D eigenvalue weighted by Crippen LogP contribution is -2.47. The standard InChI is InChI=1S/C17H26N2O2/c1-14(2)12-19(13-17(20)21)16-8-10-18(11-9-16)15-6-4-3-5-7-15/h3-7,14,16H,8-13H2,1-2H3,(H,20,21). The van der Waals surface area contributed by atoms with Crippen molar-refractivity contribution >= 4 is 11.7 Å². The van der Waals surface area contributed by atoms with Gasteiger partial charge in [-0.15, -0.1) is 0 Å². The zero-order valence-electron chi connectivity index (χ0n) is 13.0. The van der Waals surface area contributed by atoms with Crippen molar-refractivity contribution in [3.05, 3.63) is 30.3 Å². The van der Waals surface area contributed by atoms with Crippen molar-refractivity contribution in [3.63, 3.8) is 0 Å². The summed E-state index contributed by atoms with van der Waals surface area (Å²) in [6, 6.07) is 10.8. The van der Waals surface area contributed by atoms with Crippen LogP contribution in [0.25, 0.3) is 0 Å². The minimum absolute atomic E-state index is 0.161. The number of carboxylic acid groups (broad SMARTS) is 1. The minimum Gasteiger partial charge on any atom is -0.480 e. The predicted octanol–water partition coefficient (Wildman–Crippen LogP) is 2.70. The fourth-order valence-electron chi connectivity index (χ4n) is 3.11. The Morgan fingerprint density at radius 3 is 2.43 bits per heavy atom. The third kappa shape index (κ3) is 4.74. The lowest BCUT2D eigenvalue weighted by atomic mass is 10.0. The van der Waals surface area contributed by atoms with Crippen LogP contribution in [-0.2, 0) is 4.79 Å². The highest BCUT2D eigenvalue weighted by Crippen LogP contribution is 2.22. The molecule has 0 bridgehead atoms. The van der Waals surface area contributed by atoms with E-state index in [0.717, 1.165) is 32.5 Å². The number of para-hydroxylation sites is 1. The maximum Gasteiger partial charge on any atom is 0.317 e. The summed E-state index contributed by atoms with van der Waals surface area (Å²) in [7, 11) is 0. The number of piperidine rings is 1. The lowest BCUT2D eigenvalue weighted by Gasteiger charge is -2.39. The predicted molar refractivity (Wildman–Crippen MR) is 85.7 cm³/mol. The molecular weight excluding hydrogens is 264 g/mol. The molecule has 1 fully saturated rings. The van der Waals surface area contributed by atoms with Crippen molar-refractivity contribution in [3.8, 4) is 0 Å². The average Bonchev–Trinajstić information content (AvgIpc) is 2.47. The molecule has 0 amide bonds. The summed E-state index contributed by atoms with van der Waals surface area (Å²) in [4.78, 5) is 15.6. The van der Waals surface area contributed by atoms with Crippen LogP contribution in [0.5, 0.6) is 0 Å². The van der Waals surface area contributed by atoms with E-state index in [4.69, 9.17) is 5.11 Å². The monoisotopic (exact) mass is 290 g/mol. The molecule has 4 nitrogen and oxygen atoms in total. The number of rotatable bonds is 6. The molecule has 21 heavy (non-hydrogen) atoms. The molecular formula is C17H26N2O2. The first-order valence-corrected chi connectivity index (χ1v) is 7.82. The molecule has 1 aromatic carbocycles. The number of hydrogen-bond donors (Lipinski definition) is 1.